The molecule has 0 amide bonds. The molecule has 10 aromatic carbocycles. The molecule has 0 bridgehead atoms. The highest BCUT2D eigenvalue weighted by Crippen LogP contribution is 2.51. The lowest BCUT2D eigenvalue weighted by Crippen LogP contribution is -2.37. The van der Waals surface area contributed by atoms with Gasteiger partial charge < -0.3 is 9.80 Å². The van der Waals surface area contributed by atoms with Crippen LogP contribution in [0.1, 0.15) is 5.56 Å². The largest absolute Gasteiger partial charge is 0.307 e. The first-order chi connectivity index (χ1) is 33.5. The molecule has 0 unspecified atom stereocenters. The first-order valence-corrected chi connectivity index (χ1v) is 30.0. The van der Waals surface area contributed by atoms with Crippen molar-refractivity contribution in [2.75, 3.05) is 9.80 Å². The fraction of sp³-hybridized carbons (Fsp3) is 0.100. The third kappa shape index (κ3) is 8.15. The zero-order chi connectivity index (χ0) is 49.2. The monoisotopic (exact) mass is 954 g/mol. The van der Waals surface area contributed by atoms with Gasteiger partial charge in [-0.05, 0) is 99.4 Å². The Labute approximate surface area is 407 Å². The van der Waals surface area contributed by atoms with Crippen LogP contribution in [-0.2, 0) is 0 Å². The molecule has 0 fully saturated rings. The van der Waals surface area contributed by atoms with E-state index in [1.807, 2.05) is 82.6 Å². The molecule has 4 nitrogen and oxygen atoms in total. The summed E-state index contributed by atoms with van der Waals surface area (Å²) in [6, 6.07) is 52.4. The standard InChI is InChI=1S/C60H46F4N4Si2/c1-66-44-13-9-12-41(31-44)52-33-43(62)35-54(64)60(52)68(46-20-24-48(25-21-46)70(5,6)7)56-29-17-39-14-26-49-55(28-16-38-15-27-50(56)58(39)57(38)49)67(45-18-22-47(23-19-45)69(2,3)4)59-51(32-42(61)34-53(59)63)40-11-8-10-37(30-40)36-65/h8-35H,2-7H3. The number of nitrogens with zero attached hydrogens (tertiary/aromatic N) is 4. The topological polar surface area (TPSA) is 34.6 Å². The maximum Gasteiger partial charge on any atom is 0.187 e. The van der Waals surface area contributed by atoms with Gasteiger partial charge in [-0.25, -0.2) is 22.4 Å². The molecule has 0 aliphatic carbocycles. The Balaban J connectivity index is 1.27. The van der Waals surface area contributed by atoms with Crippen molar-refractivity contribution in [1.82, 2.24) is 0 Å². The van der Waals surface area contributed by atoms with Gasteiger partial charge in [-0.2, -0.15) is 5.26 Å². The average Bonchev–Trinajstić information content (AvgIpc) is 3.34. The molecule has 10 rings (SSSR count). The summed E-state index contributed by atoms with van der Waals surface area (Å²) >= 11 is 0. The lowest BCUT2D eigenvalue weighted by Gasteiger charge is -2.32. The van der Waals surface area contributed by atoms with Crippen LogP contribution in [0.25, 0.3) is 59.4 Å². The van der Waals surface area contributed by atoms with Gasteiger partial charge in [0.25, 0.3) is 0 Å². The van der Waals surface area contributed by atoms with Crippen molar-refractivity contribution in [3.63, 3.8) is 0 Å². The van der Waals surface area contributed by atoms with Crippen molar-refractivity contribution in [3.8, 4) is 28.3 Å². The van der Waals surface area contributed by atoms with Crippen LogP contribution >= 0.6 is 0 Å². The molecule has 0 N–H and O–H groups in total. The highest BCUT2D eigenvalue weighted by atomic mass is 28.3. The molecule has 342 valence electrons. The number of halogens is 4. The van der Waals surface area contributed by atoms with E-state index in [2.05, 4.69) is 74.5 Å². The van der Waals surface area contributed by atoms with E-state index in [0.29, 0.717) is 45.1 Å². The summed E-state index contributed by atoms with van der Waals surface area (Å²) in [7, 11) is -3.53. The number of hydrogen-bond donors (Lipinski definition) is 0. The van der Waals surface area contributed by atoms with Gasteiger partial charge >= 0.3 is 0 Å². The SMILES string of the molecule is [C-]#[N+]c1cccc(-c2cc(F)cc(F)c2N(c2ccc([Si](C)(C)C)cc2)c2ccc3ccc4c(N(c5ccc([Si](C)(C)C)cc5)c5c(F)cc(F)cc5-c5cccc(C#N)c5)ccc5ccc2c3c54)c1. The first-order valence-electron chi connectivity index (χ1n) is 23.0. The fourth-order valence-electron chi connectivity index (χ4n) is 9.68. The quantitative estimate of drug-likeness (QED) is 0.0593. The van der Waals surface area contributed by atoms with Gasteiger partial charge in [-0.15, -0.1) is 0 Å². The van der Waals surface area contributed by atoms with E-state index in [4.69, 9.17) is 6.57 Å². The molecule has 0 heterocycles. The highest BCUT2D eigenvalue weighted by molar-refractivity contribution is 6.89. The Morgan fingerprint density at radius 2 is 0.914 bits per heavy atom. The lowest BCUT2D eigenvalue weighted by molar-refractivity contribution is 0.584. The van der Waals surface area contributed by atoms with E-state index in [0.717, 1.165) is 44.5 Å². The molecule has 0 saturated heterocycles. The predicted octanol–water partition coefficient (Wildman–Crippen LogP) is 16.9. The van der Waals surface area contributed by atoms with Crippen molar-refractivity contribution in [1.29, 1.82) is 5.26 Å². The van der Waals surface area contributed by atoms with Crippen LogP contribution in [0, 0.1) is 41.2 Å². The number of benzene rings is 10. The van der Waals surface area contributed by atoms with Crippen molar-refractivity contribution in [3.05, 3.63) is 210 Å². The second kappa shape index (κ2) is 17.5. The maximum absolute atomic E-state index is 17.1. The zero-order valence-electron chi connectivity index (χ0n) is 39.5. The second-order valence-corrected chi connectivity index (χ2v) is 29.9. The van der Waals surface area contributed by atoms with Gasteiger partial charge in [-0.3, -0.25) is 0 Å². The highest BCUT2D eigenvalue weighted by Gasteiger charge is 2.29. The second-order valence-electron chi connectivity index (χ2n) is 19.8. The summed E-state index contributed by atoms with van der Waals surface area (Å²) in [5, 5.41) is 17.4. The minimum absolute atomic E-state index is 0.113. The van der Waals surface area contributed by atoms with Crippen LogP contribution in [-0.4, -0.2) is 16.1 Å². The fourth-order valence-corrected chi connectivity index (χ4v) is 12.0. The predicted molar refractivity (Wildman–Crippen MR) is 287 cm³/mol. The number of rotatable bonds is 10. The van der Waals surface area contributed by atoms with Crippen LogP contribution in [0.4, 0.5) is 57.4 Å². The van der Waals surface area contributed by atoms with Crippen molar-refractivity contribution >= 4 is 98.7 Å². The number of nitriles is 1. The molecular formula is C60H46F4N4Si2. The molecule has 0 spiro atoms. The molecular weight excluding hydrogens is 909 g/mol. The third-order valence-electron chi connectivity index (χ3n) is 13.2. The number of anilines is 6. The van der Waals surface area contributed by atoms with E-state index in [9.17, 15) is 5.26 Å². The Hall–Kier alpha value is -8.03. The Morgan fingerprint density at radius 3 is 1.34 bits per heavy atom. The van der Waals surface area contributed by atoms with Crippen LogP contribution in [0.3, 0.4) is 0 Å². The van der Waals surface area contributed by atoms with Crippen molar-refractivity contribution < 1.29 is 17.6 Å². The van der Waals surface area contributed by atoms with E-state index >= 15 is 17.6 Å². The molecule has 0 aliphatic rings. The normalized spacial score (nSPS) is 11.8. The summed E-state index contributed by atoms with van der Waals surface area (Å²) in [5.41, 5.74) is 4.98. The van der Waals surface area contributed by atoms with E-state index in [1.165, 1.54) is 22.5 Å². The molecule has 10 heteroatoms. The van der Waals surface area contributed by atoms with Gasteiger partial charge in [-0.1, -0.05) is 141 Å². The lowest BCUT2D eigenvalue weighted by atomic mass is 9.91. The molecule has 0 atom stereocenters. The summed E-state index contributed by atoms with van der Waals surface area (Å²) in [4.78, 5) is 7.31. The summed E-state index contributed by atoms with van der Waals surface area (Å²) in [5.74, 6) is -3.07. The van der Waals surface area contributed by atoms with E-state index in [1.54, 1.807) is 48.5 Å². The molecule has 0 aromatic heterocycles. The first kappa shape index (κ1) is 45.7. The van der Waals surface area contributed by atoms with E-state index < -0.39 is 39.4 Å². The van der Waals surface area contributed by atoms with Crippen molar-refractivity contribution in [2.45, 2.75) is 39.3 Å². The van der Waals surface area contributed by atoms with Crippen LogP contribution in [0.15, 0.2) is 170 Å². The third-order valence-corrected chi connectivity index (χ3v) is 17.3. The smallest absolute Gasteiger partial charge is 0.187 e. The van der Waals surface area contributed by atoms with Crippen LogP contribution < -0.4 is 20.2 Å². The number of hydrogen-bond acceptors (Lipinski definition) is 3. The molecule has 0 saturated carbocycles. The molecule has 70 heavy (non-hydrogen) atoms. The minimum atomic E-state index is -1.77. The van der Waals surface area contributed by atoms with Gasteiger partial charge in [0, 0.05) is 45.4 Å². The van der Waals surface area contributed by atoms with Crippen LogP contribution in [0.5, 0.6) is 0 Å². The summed E-state index contributed by atoms with van der Waals surface area (Å²) in [6.07, 6.45) is 0. The van der Waals surface area contributed by atoms with Gasteiger partial charge in [0.15, 0.2) is 17.3 Å². The van der Waals surface area contributed by atoms with Gasteiger partial charge in [0.05, 0.1) is 57.1 Å². The van der Waals surface area contributed by atoms with Crippen LogP contribution in [0.2, 0.25) is 39.3 Å². The molecule has 10 aromatic rings. The zero-order valence-corrected chi connectivity index (χ0v) is 41.5. The Kier molecular flexibility index (Phi) is 11.4. The van der Waals surface area contributed by atoms with E-state index in [-0.39, 0.29) is 22.5 Å². The summed E-state index contributed by atoms with van der Waals surface area (Å²) < 4.78 is 65.1. The minimum Gasteiger partial charge on any atom is -0.307 e. The summed E-state index contributed by atoms with van der Waals surface area (Å²) in [6.45, 7) is 21.3. The maximum atomic E-state index is 17.1. The van der Waals surface area contributed by atoms with Crippen molar-refractivity contribution in [2.24, 2.45) is 0 Å². The van der Waals surface area contributed by atoms with Gasteiger partial charge in [0.1, 0.15) is 11.6 Å². The Morgan fingerprint density at radius 1 is 0.486 bits per heavy atom. The average molecular weight is 955 g/mol. The van der Waals surface area contributed by atoms with Gasteiger partial charge in [0.2, 0.25) is 0 Å². The molecule has 0 aliphatic heterocycles. The Bertz CT molecular complexity index is 3520. The molecule has 0 radical (unpaired) electrons.